The first kappa shape index (κ1) is 22.0. The van der Waals surface area contributed by atoms with Crippen molar-refractivity contribution in [2.75, 3.05) is 0 Å². The molecule has 0 aliphatic carbocycles. The molecule has 2 aromatic carbocycles. The molecule has 32 heavy (non-hydrogen) atoms. The molecule has 2 aromatic heterocycles. The first-order valence-electron chi connectivity index (χ1n) is 10.2. The van der Waals surface area contributed by atoms with Gasteiger partial charge in [0.05, 0.1) is 10.6 Å². The van der Waals surface area contributed by atoms with E-state index in [9.17, 15) is 13.2 Å². The summed E-state index contributed by atoms with van der Waals surface area (Å²) in [6.07, 6.45) is -3.14. The molecule has 2 heterocycles. The predicted octanol–water partition coefficient (Wildman–Crippen LogP) is 6.64. The zero-order chi connectivity index (χ0) is 22.7. The van der Waals surface area contributed by atoms with Gasteiger partial charge in [0.25, 0.3) is 0 Å². The molecule has 4 aromatic rings. The third-order valence-corrected chi connectivity index (χ3v) is 5.88. The Bertz CT molecular complexity index is 1230. The lowest BCUT2D eigenvalue weighted by atomic mass is 10.1. The van der Waals surface area contributed by atoms with Crippen LogP contribution < -0.4 is 10.5 Å². The Kier molecular flexibility index (Phi) is 6.23. The van der Waals surface area contributed by atoms with E-state index in [1.54, 1.807) is 23.5 Å². The van der Waals surface area contributed by atoms with Gasteiger partial charge in [0.1, 0.15) is 11.6 Å². The Hall–Kier alpha value is -3.26. The number of nitrogens with zero attached hydrogens (tertiary/aromatic N) is 2. The van der Waals surface area contributed by atoms with Crippen molar-refractivity contribution in [1.29, 1.82) is 0 Å². The van der Waals surface area contributed by atoms with E-state index < -0.39 is 6.36 Å². The lowest BCUT2D eigenvalue weighted by molar-refractivity contribution is -0.274. The summed E-state index contributed by atoms with van der Waals surface area (Å²) < 4.78 is 43.4. The zero-order valence-corrected chi connectivity index (χ0v) is 18.2. The van der Waals surface area contributed by atoms with Crippen LogP contribution in [0.4, 0.5) is 18.9 Å². The van der Waals surface area contributed by atoms with E-state index in [0.717, 1.165) is 45.7 Å². The Morgan fingerprint density at radius 1 is 1.09 bits per heavy atom. The average Bonchev–Trinajstić information content (AvgIpc) is 3.38. The van der Waals surface area contributed by atoms with E-state index in [2.05, 4.69) is 27.3 Å². The molecule has 0 bridgehead atoms. The standard InChI is InChI=1S/C24H22F3N3OS/c1-2-11-30-19(13-16-5-8-20(9-6-16)31-24(25,26)27)15-17-14-18(7-10-21(17)30)29-23(28)22-4-3-12-32-22/h3-10,12,14-15H,2,11,13H2,1H3,(H2,28,29). The summed E-state index contributed by atoms with van der Waals surface area (Å²) in [6, 6.07) is 18.0. The topological polar surface area (TPSA) is 52.5 Å². The van der Waals surface area contributed by atoms with Gasteiger partial charge < -0.3 is 15.0 Å². The smallest absolute Gasteiger partial charge is 0.406 e. The van der Waals surface area contributed by atoms with E-state index in [0.29, 0.717) is 12.3 Å². The van der Waals surface area contributed by atoms with Crippen LogP contribution >= 0.6 is 11.3 Å². The maximum absolute atomic E-state index is 12.4. The number of fused-ring (bicyclic) bond motifs is 1. The highest BCUT2D eigenvalue weighted by molar-refractivity contribution is 7.12. The van der Waals surface area contributed by atoms with Gasteiger partial charge in [-0.15, -0.1) is 24.5 Å². The molecule has 2 N–H and O–H groups in total. The molecule has 4 rings (SSSR count). The molecule has 0 saturated heterocycles. The van der Waals surface area contributed by atoms with Crippen molar-refractivity contribution >= 4 is 33.8 Å². The van der Waals surface area contributed by atoms with Gasteiger partial charge in [0, 0.05) is 29.6 Å². The van der Waals surface area contributed by atoms with Crippen molar-refractivity contribution in [3.05, 3.63) is 82.2 Å². The first-order valence-corrected chi connectivity index (χ1v) is 11.1. The summed E-state index contributed by atoms with van der Waals surface area (Å²) in [7, 11) is 0. The molecule has 0 spiro atoms. The number of hydrogen-bond acceptors (Lipinski definition) is 3. The van der Waals surface area contributed by atoms with Crippen LogP contribution in [0.2, 0.25) is 0 Å². The van der Waals surface area contributed by atoms with Gasteiger partial charge in [0.2, 0.25) is 0 Å². The lowest BCUT2D eigenvalue weighted by Gasteiger charge is -2.11. The monoisotopic (exact) mass is 457 g/mol. The highest BCUT2D eigenvalue weighted by Crippen LogP contribution is 2.28. The number of ether oxygens (including phenoxy) is 1. The lowest BCUT2D eigenvalue weighted by Crippen LogP contribution is -2.17. The van der Waals surface area contributed by atoms with Crippen LogP contribution in [-0.2, 0) is 13.0 Å². The number of halogens is 3. The van der Waals surface area contributed by atoms with Crippen LogP contribution in [0, 0.1) is 0 Å². The van der Waals surface area contributed by atoms with Gasteiger partial charge in [0.15, 0.2) is 0 Å². The zero-order valence-electron chi connectivity index (χ0n) is 17.4. The molecular weight excluding hydrogens is 435 g/mol. The van der Waals surface area contributed by atoms with E-state index in [1.807, 2.05) is 35.7 Å². The van der Waals surface area contributed by atoms with Crippen molar-refractivity contribution in [2.45, 2.75) is 32.7 Å². The Morgan fingerprint density at radius 3 is 2.53 bits per heavy atom. The van der Waals surface area contributed by atoms with E-state index in [1.165, 1.54) is 12.1 Å². The van der Waals surface area contributed by atoms with Crippen molar-refractivity contribution in [1.82, 2.24) is 4.57 Å². The summed E-state index contributed by atoms with van der Waals surface area (Å²) in [5.41, 5.74) is 9.98. The Morgan fingerprint density at radius 2 is 1.88 bits per heavy atom. The number of aryl methyl sites for hydroxylation is 1. The summed E-state index contributed by atoms with van der Waals surface area (Å²) in [6.45, 7) is 2.95. The predicted molar refractivity (Wildman–Crippen MR) is 123 cm³/mol. The summed E-state index contributed by atoms with van der Waals surface area (Å²) in [4.78, 5) is 5.47. The minimum atomic E-state index is -4.69. The Labute approximate surface area is 187 Å². The van der Waals surface area contributed by atoms with Crippen LogP contribution in [0.25, 0.3) is 10.9 Å². The molecule has 0 unspecified atom stereocenters. The molecule has 0 saturated carbocycles. The van der Waals surface area contributed by atoms with Crippen LogP contribution in [0.5, 0.6) is 5.75 Å². The number of thiophene rings is 1. The van der Waals surface area contributed by atoms with Crippen molar-refractivity contribution < 1.29 is 17.9 Å². The van der Waals surface area contributed by atoms with E-state index in [-0.39, 0.29) is 5.75 Å². The van der Waals surface area contributed by atoms with E-state index in [4.69, 9.17) is 5.73 Å². The second-order valence-electron chi connectivity index (χ2n) is 7.37. The fraction of sp³-hybridized carbons (Fsp3) is 0.208. The number of alkyl halides is 3. The number of aromatic nitrogens is 1. The number of hydrogen-bond donors (Lipinski definition) is 1. The van der Waals surface area contributed by atoms with Gasteiger partial charge in [-0.3, -0.25) is 0 Å². The normalized spacial score (nSPS) is 12.4. The largest absolute Gasteiger partial charge is 0.573 e. The number of aliphatic imine (C=N–C) groups is 1. The number of nitrogens with two attached hydrogens (primary N) is 1. The second-order valence-corrected chi connectivity index (χ2v) is 8.32. The van der Waals surface area contributed by atoms with Crippen LogP contribution in [0.1, 0.15) is 29.5 Å². The SMILES string of the molecule is CCCn1c(Cc2ccc(OC(F)(F)F)cc2)cc2cc(N=C(N)c3cccs3)ccc21. The van der Waals surface area contributed by atoms with Crippen molar-refractivity contribution in [3.63, 3.8) is 0 Å². The molecule has 4 nitrogen and oxygen atoms in total. The molecule has 0 fully saturated rings. The van der Waals surface area contributed by atoms with Gasteiger partial charge in [-0.05, 0) is 59.8 Å². The molecule has 0 aliphatic rings. The highest BCUT2D eigenvalue weighted by atomic mass is 32.1. The van der Waals surface area contributed by atoms with Crippen LogP contribution in [0.15, 0.2) is 71.0 Å². The number of amidine groups is 1. The fourth-order valence-electron chi connectivity index (χ4n) is 3.66. The van der Waals surface area contributed by atoms with Gasteiger partial charge >= 0.3 is 6.36 Å². The number of benzene rings is 2. The quantitative estimate of drug-likeness (QED) is 0.250. The van der Waals surface area contributed by atoms with Crippen LogP contribution in [-0.4, -0.2) is 16.8 Å². The van der Waals surface area contributed by atoms with Crippen molar-refractivity contribution in [2.24, 2.45) is 10.7 Å². The average molecular weight is 458 g/mol. The third kappa shape index (κ3) is 5.13. The van der Waals surface area contributed by atoms with Gasteiger partial charge in [-0.1, -0.05) is 25.1 Å². The molecule has 0 radical (unpaired) electrons. The molecule has 166 valence electrons. The summed E-state index contributed by atoms with van der Waals surface area (Å²) >= 11 is 1.54. The fourth-order valence-corrected chi connectivity index (χ4v) is 4.28. The summed E-state index contributed by atoms with van der Waals surface area (Å²) in [5.74, 6) is 0.259. The Balaban J connectivity index is 1.62. The highest BCUT2D eigenvalue weighted by Gasteiger charge is 2.30. The summed E-state index contributed by atoms with van der Waals surface area (Å²) in [5, 5.41) is 3.01. The van der Waals surface area contributed by atoms with E-state index >= 15 is 0 Å². The minimum Gasteiger partial charge on any atom is -0.406 e. The van der Waals surface area contributed by atoms with Gasteiger partial charge in [-0.2, -0.15) is 0 Å². The number of rotatable bonds is 7. The molecule has 0 atom stereocenters. The molecule has 0 aliphatic heterocycles. The van der Waals surface area contributed by atoms with Gasteiger partial charge in [-0.25, -0.2) is 4.99 Å². The maximum atomic E-state index is 12.4. The molecule has 0 amide bonds. The minimum absolute atomic E-state index is 0.221. The van der Waals surface area contributed by atoms with Crippen LogP contribution in [0.3, 0.4) is 0 Å². The molecular formula is C24H22F3N3OS. The third-order valence-electron chi connectivity index (χ3n) is 4.98. The van der Waals surface area contributed by atoms with Crippen molar-refractivity contribution in [3.8, 4) is 5.75 Å². The molecule has 8 heteroatoms. The maximum Gasteiger partial charge on any atom is 0.573 e. The first-order chi connectivity index (χ1) is 15.3. The second kappa shape index (κ2) is 9.08.